The zero-order valence-corrected chi connectivity index (χ0v) is 25.3. The van der Waals surface area contributed by atoms with Gasteiger partial charge in [0.05, 0.1) is 40.4 Å². The molecule has 3 aromatic rings. The van der Waals surface area contributed by atoms with Crippen molar-refractivity contribution in [3.63, 3.8) is 0 Å². The van der Waals surface area contributed by atoms with Crippen LogP contribution in [-0.2, 0) is 47.0 Å². The highest BCUT2D eigenvalue weighted by atomic mass is 32.2. The fourth-order valence-corrected chi connectivity index (χ4v) is 6.81. The number of ether oxygens (including phenoxy) is 2. The van der Waals surface area contributed by atoms with E-state index in [1.807, 2.05) is 4.72 Å². The van der Waals surface area contributed by atoms with Crippen LogP contribution in [0.4, 0.5) is 18.9 Å². The summed E-state index contributed by atoms with van der Waals surface area (Å²) in [4.78, 5) is 28.0. The molecule has 11 nitrogen and oxygen atoms in total. The third-order valence-corrected chi connectivity index (χ3v) is 9.26. The van der Waals surface area contributed by atoms with Crippen molar-refractivity contribution in [2.75, 3.05) is 10.8 Å². The summed E-state index contributed by atoms with van der Waals surface area (Å²) in [5.41, 5.74) is -1.75. The van der Waals surface area contributed by atoms with Gasteiger partial charge in [0, 0.05) is 12.4 Å². The number of amides is 1. The van der Waals surface area contributed by atoms with Crippen molar-refractivity contribution in [2.24, 2.45) is 0 Å². The van der Waals surface area contributed by atoms with E-state index >= 15 is 0 Å². The monoisotopic (exact) mass is 655 g/mol. The Morgan fingerprint density at radius 1 is 1.00 bits per heavy atom. The molecule has 1 amide bonds. The Labute approximate surface area is 252 Å². The maximum atomic E-state index is 13.8. The third-order valence-electron chi connectivity index (χ3n) is 6.09. The molecular weight excluding hydrogens is 627 g/mol. The van der Waals surface area contributed by atoms with E-state index in [0.717, 1.165) is 22.5 Å². The molecule has 0 unspecified atom stereocenters. The number of alkyl halides is 3. The van der Waals surface area contributed by atoms with E-state index in [9.17, 15) is 39.6 Å². The van der Waals surface area contributed by atoms with Gasteiger partial charge >= 0.3 is 12.1 Å². The second kappa shape index (κ2) is 12.1. The van der Waals surface area contributed by atoms with Crippen LogP contribution < -0.4 is 13.8 Å². The normalized spacial score (nSPS) is 15.6. The van der Waals surface area contributed by atoms with Crippen molar-refractivity contribution in [3.8, 4) is 5.75 Å². The molecule has 0 fully saturated rings. The second-order valence-electron chi connectivity index (χ2n) is 10.8. The highest BCUT2D eigenvalue weighted by molar-refractivity contribution is 7.92. The summed E-state index contributed by atoms with van der Waals surface area (Å²) in [6, 6.07) is 9.63. The molecule has 1 atom stereocenters. The highest BCUT2D eigenvalue weighted by Crippen LogP contribution is 2.39. The van der Waals surface area contributed by atoms with E-state index in [4.69, 9.17) is 9.47 Å². The van der Waals surface area contributed by atoms with Crippen LogP contribution in [0.1, 0.15) is 38.3 Å². The standard InChI is InChI=1S/C28H28F3N3O8S2/c1-27(2,3)42-26(36)14-18-7-8-24-23(13-18)34(44(39,40)22-6-4-5-19(15-22)28(29,30)31)17-20(41-24)16-25(35)33-43(37,38)21-9-11-32-12-10-21/h4-13,15,20H,14,16-17H2,1-3H3,(H,33,35)/t20-/m0/s1. The van der Waals surface area contributed by atoms with Gasteiger partial charge in [-0.25, -0.2) is 21.6 Å². The molecule has 4 rings (SSSR count). The smallest absolute Gasteiger partial charge is 0.416 e. The molecule has 2 heterocycles. The number of esters is 1. The van der Waals surface area contributed by atoms with Crippen LogP contribution in [0.25, 0.3) is 0 Å². The Balaban J connectivity index is 1.68. The number of hydrogen-bond acceptors (Lipinski definition) is 9. The van der Waals surface area contributed by atoms with Crippen molar-refractivity contribution in [2.45, 2.75) is 61.3 Å². The number of aromatic nitrogens is 1. The summed E-state index contributed by atoms with van der Waals surface area (Å²) in [5.74, 6) is -1.69. The molecule has 0 bridgehead atoms. The Morgan fingerprint density at radius 2 is 1.68 bits per heavy atom. The first-order valence-corrected chi connectivity index (χ1v) is 15.9. The van der Waals surface area contributed by atoms with Crippen LogP contribution in [0.15, 0.2) is 76.8 Å². The average Bonchev–Trinajstić information content (AvgIpc) is 2.91. The minimum Gasteiger partial charge on any atom is -0.486 e. The Morgan fingerprint density at radius 3 is 2.32 bits per heavy atom. The van der Waals surface area contributed by atoms with E-state index < -0.39 is 73.2 Å². The van der Waals surface area contributed by atoms with Gasteiger partial charge in [-0.1, -0.05) is 12.1 Å². The molecule has 236 valence electrons. The van der Waals surface area contributed by atoms with Crippen molar-refractivity contribution in [1.82, 2.24) is 9.71 Å². The SMILES string of the molecule is CC(C)(C)OC(=O)Cc1ccc2c(c1)N(S(=O)(=O)c1cccc(C(F)(F)F)c1)C[C@H](CC(=O)NS(=O)(=O)c1ccncc1)O2. The number of pyridine rings is 1. The molecule has 2 aromatic carbocycles. The van der Waals surface area contributed by atoms with Crippen LogP contribution in [0.2, 0.25) is 0 Å². The van der Waals surface area contributed by atoms with Gasteiger partial charge < -0.3 is 9.47 Å². The number of nitrogens with zero attached hydrogens (tertiary/aromatic N) is 2. The summed E-state index contributed by atoms with van der Waals surface area (Å²) in [6.07, 6.45) is -4.51. The highest BCUT2D eigenvalue weighted by Gasteiger charge is 2.38. The lowest BCUT2D eigenvalue weighted by atomic mass is 10.1. The lowest BCUT2D eigenvalue weighted by Crippen LogP contribution is -2.46. The zero-order valence-electron chi connectivity index (χ0n) is 23.7. The van der Waals surface area contributed by atoms with Gasteiger partial charge in [0.1, 0.15) is 17.5 Å². The van der Waals surface area contributed by atoms with Crippen molar-refractivity contribution in [1.29, 1.82) is 0 Å². The molecule has 1 aliphatic heterocycles. The Hall–Kier alpha value is -4.18. The van der Waals surface area contributed by atoms with Gasteiger partial charge in [-0.3, -0.25) is 18.9 Å². The van der Waals surface area contributed by atoms with Crippen LogP contribution in [0.3, 0.4) is 0 Å². The number of carbonyl (C=O) groups excluding carboxylic acids is 2. The van der Waals surface area contributed by atoms with Gasteiger partial charge in [-0.05, 0) is 68.8 Å². The van der Waals surface area contributed by atoms with Crippen LogP contribution in [0.5, 0.6) is 5.75 Å². The molecule has 1 N–H and O–H groups in total. The summed E-state index contributed by atoms with van der Waals surface area (Å²) < 4.78 is 107. The molecule has 0 radical (unpaired) electrons. The fourth-order valence-electron chi connectivity index (χ4n) is 4.28. The molecule has 44 heavy (non-hydrogen) atoms. The maximum absolute atomic E-state index is 13.8. The molecule has 1 aromatic heterocycles. The molecular formula is C28H28F3N3O8S2. The van der Waals surface area contributed by atoms with E-state index in [1.165, 1.54) is 42.7 Å². The number of rotatable bonds is 8. The number of anilines is 1. The van der Waals surface area contributed by atoms with Gasteiger partial charge in [-0.2, -0.15) is 13.2 Å². The predicted octanol–water partition coefficient (Wildman–Crippen LogP) is 3.84. The first-order valence-electron chi connectivity index (χ1n) is 13.0. The Kier molecular flexibility index (Phi) is 8.98. The molecule has 16 heteroatoms. The number of hydrogen-bond donors (Lipinski definition) is 1. The molecule has 0 saturated carbocycles. The summed E-state index contributed by atoms with van der Waals surface area (Å²) in [5, 5.41) is 0. The van der Waals surface area contributed by atoms with E-state index in [0.29, 0.717) is 11.6 Å². The van der Waals surface area contributed by atoms with Crippen LogP contribution >= 0.6 is 0 Å². The second-order valence-corrected chi connectivity index (χ2v) is 14.3. The maximum Gasteiger partial charge on any atom is 0.416 e. The van der Waals surface area contributed by atoms with E-state index in [-0.39, 0.29) is 22.8 Å². The quantitative estimate of drug-likeness (QED) is 0.358. The van der Waals surface area contributed by atoms with Crippen molar-refractivity contribution >= 4 is 37.6 Å². The van der Waals surface area contributed by atoms with Crippen molar-refractivity contribution < 1.29 is 49.1 Å². The number of fused-ring (bicyclic) bond motifs is 1. The van der Waals surface area contributed by atoms with E-state index in [1.54, 1.807) is 20.8 Å². The number of benzene rings is 2. The number of sulfonamides is 2. The van der Waals surface area contributed by atoms with Crippen LogP contribution in [-0.4, -0.2) is 51.9 Å². The first kappa shape index (κ1) is 32.7. The molecule has 0 spiro atoms. The molecule has 0 saturated heterocycles. The first-order chi connectivity index (χ1) is 20.3. The largest absolute Gasteiger partial charge is 0.486 e. The van der Waals surface area contributed by atoms with Gasteiger partial charge in [0.15, 0.2) is 0 Å². The number of halogens is 3. The fraction of sp³-hybridized carbons (Fsp3) is 0.321. The molecule has 0 aliphatic carbocycles. The lowest BCUT2D eigenvalue weighted by Gasteiger charge is -2.35. The number of carbonyl (C=O) groups is 2. The van der Waals surface area contributed by atoms with Crippen molar-refractivity contribution in [3.05, 3.63) is 78.1 Å². The van der Waals surface area contributed by atoms with E-state index in [2.05, 4.69) is 4.98 Å². The topological polar surface area (TPSA) is 149 Å². The summed E-state index contributed by atoms with van der Waals surface area (Å²) >= 11 is 0. The lowest BCUT2D eigenvalue weighted by molar-refractivity contribution is -0.154. The number of nitrogens with one attached hydrogen (secondary N) is 1. The average molecular weight is 656 g/mol. The summed E-state index contributed by atoms with van der Waals surface area (Å²) in [7, 11) is -8.98. The third kappa shape index (κ3) is 7.85. The van der Waals surface area contributed by atoms with Crippen LogP contribution in [0, 0.1) is 0 Å². The minimum absolute atomic E-state index is 0.0606. The summed E-state index contributed by atoms with van der Waals surface area (Å²) in [6.45, 7) is 4.46. The van der Waals surface area contributed by atoms with Gasteiger partial charge in [0.25, 0.3) is 20.0 Å². The van der Waals surface area contributed by atoms with Gasteiger partial charge in [0.2, 0.25) is 5.91 Å². The minimum atomic E-state index is -4.82. The predicted molar refractivity (Wildman–Crippen MR) is 151 cm³/mol. The van der Waals surface area contributed by atoms with Gasteiger partial charge in [-0.15, -0.1) is 0 Å². The zero-order chi connectivity index (χ0) is 32.5. The Bertz CT molecular complexity index is 1780. The molecule has 1 aliphatic rings.